The van der Waals surface area contributed by atoms with Crippen LogP contribution in [0, 0.1) is 16.7 Å². The summed E-state index contributed by atoms with van der Waals surface area (Å²) in [6.07, 6.45) is 0.234. The van der Waals surface area contributed by atoms with E-state index in [1.807, 2.05) is 24.3 Å². The molecular formula is C22H19NO5. The standard InChI is InChI=1S/C22H19NO5/c1-21(20(25)26)11-22(12-23,10-9-17(21)24)14-7-8-16(27-2)19-18(14)13-5-3-4-6-15(13)28-19/h3-8H,9-11H2,1-2H3,(H,25,26). The molecule has 142 valence electrons. The van der Waals surface area contributed by atoms with Crippen molar-refractivity contribution < 1.29 is 23.8 Å². The minimum Gasteiger partial charge on any atom is -0.493 e. The molecule has 1 aliphatic rings. The van der Waals surface area contributed by atoms with E-state index in [4.69, 9.17) is 9.15 Å². The van der Waals surface area contributed by atoms with Gasteiger partial charge in [-0.15, -0.1) is 0 Å². The van der Waals surface area contributed by atoms with Gasteiger partial charge in [0.15, 0.2) is 11.3 Å². The summed E-state index contributed by atoms with van der Waals surface area (Å²) in [6, 6.07) is 13.4. The number of benzene rings is 2. The van der Waals surface area contributed by atoms with Crippen LogP contribution in [0.5, 0.6) is 5.75 Å². The van der Waals surface area contributed by atoms with Gasteiger partial charge in [0, 0.05) is 17.2 Å². The molecule has 2 aromatic carbocycles. The summed E-state index contributed by atoms with van der Waals surface area (Å²) >= 11 is 0. The topological polar surface area (TPSA) is 101 Å². The monoisotopic (exact) mass is 377 g/mol. The highest BCUT2D eigenvalue weighted by molar-refractivity contribution is 6.10. The van der Waals surface area contributed by atoms with Crippen molar-refractivity contribution in [2.45, 2.75) is 31.6 Å². The highest BCUT2D eigenvalue weighted by Crippen LogP contribution is 2.50. The molecule has 6 heteroatoms. The van der Waals surface area contributed by atoms with Gasteiger partial charge in [0.05, 0.1) is 18.6 Å². The molecule has 0 bridgehead atoms. The largest absolute Gasteiger partial charge is 0.493 e. The van der Waals surface area contributed by atoms with Crippen LogP contribution in [0.3, 0.4) is 0 Å². The van der Waals surface area contributed by atoms with Gasteiger partial charge in [-0.25, -0.2) is 0 Å². The molecule has 0 saturated heterocycles. The van der Waals surface area contributed by atoms with Gasteiger partial charge in [-0.1, -0.05) is 24.3 Å². The highest BCUT2D eigenvalue weighted by atomic mass is 16.5. The Morgan fingerprint density at radius 2 is 2.04 bits per heavy atom. The number of ketones is 1. The number of nitrogens with zero attached hydrogens (tertiary/aromatic N) is 1. The van der Waals surface area contributed by atoms with Crippen LogP contribution >= 0.6 is 0 Å². The normalized spacial score (nSPS) is 25.0. The number of carboxylic acid groups (broad SMARTS) is 1. The summed E-state index contributed by atoms with van der Waals surface area (Å²) < 4.78 is 11.4. The zero-order valence-corrected chi connectivity index (χ0v) is 15.6. The van der Waals surface area contributed by atoms with Gasteiger partial charge in [-0.2, -0.15) is 5.26 Å². The van der Waals surface area contributed by atoms with Gasteiger partial charge in [0.25, 0.3) is 0 Å². The van der Waals surface area contributed by atoms with E-state index >= 15 is 0 Å². The Morgan fingerprint density at radius 3 is 2.71 bits per heavy atom. The van der Waals surface area contributed by atoms with Crippen LogP contribution in [0.2, 0.25) is 0 Å². The lowest BCUT2D eigenvalue weighted by Crippen LogP contribution is -2.47. The van der Waals surface area contributed by atoms with Crippen LogP contribution in [-0.4, -0.2) is 24.0 Å². The van der Waals surface area contributed by atoms with E-state index in [1.54, 1.807) is 19.2 Å². The van der Waals surface area contributed by atoms with Gasteiger partial charge in [-0.3, -0.25) is 9.59 Å². The number of carbonyl (C=O) groups is 2. The minimum absolute atomic E-state index is 0.0413. The lowest BCUT2D eigenvalue weighted by molar-refractivity contribution is -0.157. The lowest BCUT2D eigenvalue weighted by Gasteiger charge is -2.39. The molecule has 1 aliphatic carbocycles. The molecule has 1 fully saturated rings. The van der Waals surface area contributed by atoms with Crippen molar-refractivity contribution in [2.75, 3.05) is 7.11 Å². The van der Waals surface area contributed by atoms with Crippen LogP contribution in [0.25, 0.3) is 21.9 Å². The first-order valence-corrected chi connectivity index (χ1v) is 9.03. The number of hydrogen-bond donors (Lipinski definition) is 1. The highest BCUT2D eigenvalue weighted by Gasteiger charge is 2.53. The molecule has 6 nitrogen and oxygen atoms in total. The number of fused-ring (bicyclic) bond motifs is 3. The van der Waals surface area contributed by atoms with E-state index in [0.29, 0.717) is 22.5 Å². The maximum absolute atomic E-state index is 12.4. The van der Waals surface area contributed by atoms with E-state index in [0.717, 1.165) is 10.8 Å². The van der Waals surface area contributed by atoms with Crippen LogP contribution in [0.1, 0.15) is 31.7 Å². The number of Topliss-reactive ketones (excluding diaryl/α,β-unsaturated/α-hetero) is 1. The maximum Gasteiger partial charge on any atom is 0.316 e. The molecule has 1 N–H and O–H groups in total. The Hall–Kier alpha value is -3.33. The number of carbonyl (C=O) groups excluding carboxylic acids is 1. The summed E-state index contributed by atoms with van der Waals surface area (Å²) in [6.45, 7) is 1.41. The summed E-state index contributed by atoms with van der Waals surface area (Å²) in [5, 5.41) is 21.4. The van der Waals surface area contributed by atoms with E-state index in [1.165, 1.54) is 6.92 Å². The van der Waals surface area contributed by atoms with Crippen LogP contribution in [0.15, 0.2) is 40.8 Å². The van der Waals surface area contributed by atoms with Crippen molar-refractivity contribution in [1.82, 2.24) is 0 Å². The second kappa shape index (κ2) is 6.10. The average molecular weight is 377 g/mol. The zero-order chi connectivity index (χ0) is 20.1. The number of hydrogen-bond acceptors (Lipinski definition) is 5. The van der Waals surface area contributed by atoms with Crippen molar-refractivity contribution in [2.24, 2.45) is 5.41 Å². The van der Waals surface area contributed by atoms with E-state index in [2.05, 4.69) is 6.07 Å². The average Bonchev–Trinajstić information content (AvgIpc) is 3.09. The first kappa shape index (κ1) is 18.1. The van der Waals surface area contributed by atoms with Gasteiger partial charge in [0.2, 0.25) is 0 Å². The van der Waals surface area contributed by atoms with Gasteiger partial charge in [-0.05, 0) is 37.5 Å². The second-order valence-electron chi connectivity index (χ2n) is 7.55. The SMILES string of the molecule is COc1ccc(C2(C#N)CCC(=O)C(C)(C(=O)O)C2)c2c1oc1ccccc12. The first-order valence-electron chi connectivity index (χ1n) is 9.03. The van der Waals surface area contributed by atoms with Crippen molar-refractivity contribution in [3.8, 4) is 11.8 Å². The number of rotatable bonds is 3. The number of furan rings is 1. The fourth-order valence-electron chi connectivity index (χ4n) is 4.34. The van der Waals surface area contributed by atoms with Gasteiger partial charge < -0.3 is 14.3 Å². The third-order valence-corrected chi connectivity index (χ3v) is 5.96. The van der Waals surface area contributed by atoms with Crippen molar-refractivity contribution in [3.63, 3.8) is 0 Å². The number of para-hydroxylation sites is 1. The number of ether oxygens (including phenoxy) is 1. The first-order chi connectivity index (χ1) is 13.4. The van der Waals surface area contributed by atoms with E-state index in [9.17, 15) is 20.0 Å². The molecule has 0 spiro atoms. The van der Waals surface area contributed by atoms with Crippen molar-refractivity contribution in [1.29, 1.82) is 5.26 Å². The van der Waals surface area contributed by atoms with E-state index in [-0.39, 0.29) is 25.0 Å². The second-order valence-corrected chi connectivity index (χ2v) is 7.55. The van der Waals surface area contributed by atoms with Crippen molar-refractivity contribution >= 4 is 33.7 Å². The number of aliphatic carboxylic acids is 1. The Kier molecular flexibility index (Phi) is 3.93. The van der Waals surface area contributed by atoms with Gasteiger partial charge >= 0.3 is 5.97 Å². The molecule has 0 radical (unpaired) electrons. The number of methoxy groups -OCH3 is 1. The molecular weight excluding hydrogens is 358 g/mol. The Labute approximate surface area is 161 Å². The molecule has 2 unspecified atom stereocenters. The summed E-state index contributed by atoms with van der Waals surface area (Å²) in [5.41, 5.74) is -0.859. The predicted octanol–water partition coefficient (Wildman–Crippen LogP) is 4.20. The maximum atomic E-state index is 12.4. The Balaban J connectivity index is 2.04. The summed E-state index contributed by atoms with van der Waals surface area (Å²) in [7, 11) is 1.54. The van der Waals surface area contributed by atoms with Crippen LogP contribution in [0.4, 0.5) is 0 Å². The Bertz CT molecular complexity index is 1170. The Morgan fingerprint density at radius 1 is 1.29 bits per heavy atom. The van der Waals surface area contributed by atoms with Crippen LogP contribution < -0.4 is 4.74 Å². The molecule has 0 amide bonds. The smallest absolute Gasteiger partial charge is 0.316 e. The fourth-order valence-corrected chi connectivity index (χ4v) is 4.34. The molecule has 4 rings (SSSR count). The fraction of sp³-hybridized carbons (Fsp3) is 0.318. The van der Waals surface area contributed by atoms with Crippen LogP contribution in [-0.2, 0) is 15.0 Å². The lowest BCUT2D eigenvalue weighted by atomic mass is 9.59. The molecule has 1 saturated carbocycles. The van der Waals surface area contributed by atoms with Crippen molar-refractivity contribution in [3.05, 3.63) is 42.0 Å². The van der Waals surface area contributed by atoms with E-state index < -0.39 is 16.8 Å². The molecule has 1 heterocycles. The zero-order valence-electron chi connectivity index (χ0n) is 15.6. The molecule has 1 aromatic heterocycles. The minimum atomic E-state index is -1.60. The quantitative estimate of drug-likeness (QED) is 0.687. The summed E-state index contributed by atoms with van der Waals surface area (Å²) in [5.74, 6) is -0.998. The third kappa shape index (κ3) is 2.32. The predicted molar refractivity (Wildman–Crippen MR) is 102 cm³/mol. The third-order valence-electron chi connectivity index (χ3n) is 5.96. The molecule has 3 aromatic rings. The van der Waals surface area contributed by atoms with Gasteiger partial charge in [0.1, 0.15) is 16.8 Å². The molecule has 2 atom stereocenters. The molecule has 0 aliphatic heterocycles. The number of carboxylic acids is 1. The molecule has 28 heavy (non-hydrogen) atoms. The number of nitriles is 1. The summed E-state index contributed by atoms with van der Waals surface area (Å²) in [4.78, 5) is 24.3.